The maximum Gasteiger partial charge on any atom is 0.169 e. The molecule has 0 fully saturated rings. The minimum Gasteiger partial charge on any atom is -0.409 e. The van der Waals surface area contributed by atoms with Gasteiger partial charge in [0.25, 0.3) is 0 Å². The third kappa shape index (κ3) is 1.75. The van der Waals surface area contributed by atoms with Crippen LogP contribution in [0.3, 0.4) is 0 Å². The average molecular weight is 202 g/mol. The van der Waals surface area contributed by atoms with E-state index >= 15 is 0 Å². The molecular formula is C8H11FN2O3. The van der Waals surface area contributed by atoms with Gasteiger partial charge < -0.3 is 21.2 Å². The fourth-order valence-electron chi connectivity index (χ4n) is 1.05. The molecule has 5 N–H and O–H groups in total. The largest absolute Gasteiger partial charge is 0.409 e. The van der Waals surface area contributed by atoms with Crippen LogP contribution in [-0.2, 0) is 0 Å². The molecule has 14 heavy (non-hydrogen) atoms. The van der Waals surface area contributed by atoms with Crippen LogP contribution in [0.15, 0.2) is 29.0 Å². The van der Waals surface area contributed by atoms with Crippen molar-refractivity contribution in [1.82, 2.24) is 0 Å². The number of alkyl halides is 1. The third-order valence-electron chi connectivity index (χ3n) is 2.01. The molecule has 0 radical (unpaired) electrons. The second-order valence-corrected chi connectivity index (χ2v) is 2.99. The average Bonchev–Trinajstić information content (AvgIpc) is 2.21. The Bertz CT molecular complexity index is 314. The van der Waals surface area contributed by atoms with Crippen LogP contribution in [0.2, 0.25) is 0 Å². The highest BCUT2D eigenvalue weighted by Crippen LogP contribution is 2.23. The summed E-state index contributed by atoms with van der Waals surface area (Å²) in [6.45, 7) is -0.732. The molecule has 1 aliphatic rings. The molecule has 0 aromatic rings. The predicted octanol–water partition coefficient (Wildman–Crippen LogP) is -0.710. The Balaban J connectivity index is 2.93. The van der Waals surface area contributed by atoms with Crippen molar-refractivity contribution in [2.45, 2.75) is 11.8 Å². The molecule has 0 saturated carbocycles. The van der Waals surface area contributed by atoms with Crippen LogP contribution in [0.5, 0.6) is 0 Å². The lowest BCUT2D eigenvalue weighted by Gasteiger charge is -2.27. The molecule has 0 bridgehead atoms. The van der Waals surface area contributed by atoms with E-state index in [2.05, 4.69) is 5.16 Å². The highest BCUT2D eigenvalue weighted by Gasteiger charge is 2.35. The number of rotatable bonds is 2. The van der Waals surface area contributed by atoms with Gasteiger partial charge in [-0.3, -0.25) is 0 Å². The van der Waals surface area contributed by atoms with Crippen molar-refractivity contribution in [3.63, 3.8) is 0 Å². The molecule has 0 aromatic carbocycles. The van der Waals surface area contributed by atoms with E-state index in [0.29, 0.717) is 0 Å². The Morgan fingerprint density at radius 3 is 2.79 bits per heavy atom. The van der Waals surface area contributed by atoms with Crippen LogP contribution < -0.4 is 5.73 Å². The Morgan fingerprint density at radius 1 is 1.71 bits per heavy atom. The zero-order valence-electron chi connectivity index (χ0n) is 7.26. The van der Waals surface area contributed by atoms with Gasteiger partial charge in [-0.2, -0.15) is 0 Å². The van der Waals surface area contributed by atoms with Crippen molar-refractivity contribution in [3.05, 3.63) is 23.8 Å². The van der Waals surface area contributed by atoms with Crippen molar-refractivity contribution < 1.29 is 19.8 Å². The first-order chi connectivity index (χ1) is 6.53. The maximum absolute atomic E-state index is 13.2. The van der Waals surface area contributed by atoms with Gasteiger partial charge >= 0.3 is 0 Å². The number of nitrogens with zero attached hydrogens (tertiary/aromatic N) is 1. The normalized spacial score (nSPS) is 32.9. The molecule has 0 amide bonds. The van der Waals surface area contributed by atoms with Gasteiger partial charge in [-0.25, -0.2) is 4.39 Å². The first-order valence-corrected chi connectivity index (χ1v) is 3.90. The maximum atomic E-state index is 13.2. The lowest BCUT2D eigenvalue weighted by Crippen LogP contribution is -2.42. The number of nitrogens with two attached hydrogens (primary N) is 1. The lowest BCUT2D eigenvalue weighted by molar-refractivity contribution is -0.0200. The number of oxime groups is 1. The van der Waals surface area contributed by atoms with Gasteiger partial charge in [0.15, 0.2) is 12.0 Å². The number of aliphatic hydroxyl groups excluding tert-OH is 1. The molecule has 2 atom stereocenters. The molecule has 0 heterocycles. The first-order valence-electron chi connectivity index (χ1n) is 3.90. The summed E-state index contributed by atoms with van der Waals surface area (Å²) in [5.41, 5.74) is 3.46. The zero-order chi connectivity index (χ0) is 10.8. The van der Waals surface area contributed by atoms with Crippen molar-refractivity contribution in [2.24, 2.45) is 10.9 Å². The van der Waals surface area contributed by atoms with Crippen molar-refractivity contribution in [2.75, 3.05) is 6.61 Å². The summed E-state index contributed by atoms with van der Waals surface area (Å²) in [7, 11) is 0. The molecule has 0 aromatic heterocycles. The minimum atomic E-state index is -1.92. The molecule has 0 saturated heterocycles. The smallest absolute Gasteiger partial charge is 0.169 e. The van der Waals surface area contributed by atoms with Crippen LogP contribution in [0.1, 0.15) is 0 Å². The highest BCUT2D eigenvalue weighted by molar-refractivity contribution is 5.99. The van der Waals surface area contributed by atoms with E-state index in [1.54, 1.807) is 0 Å². The minimum absolute atomic E-state index is 0.165. The van der Waals surface area contributed by atoms with E-state index in [1.807, 2.05) is 0 Å². The fourth-order valence-corrected chi connectivity index (χ4v) is 1.05. The Hall–Kier alpha value is -1.40. The van der Waals surface area contributed by atoms with E-state index in [4.69, 9.17) is 16.0 Å². The summed E-state index contributed by atoms with van der Waals surface area (Å²) in [6, 6.07) is 0. The van der Waals surface area contributed by atoms with E-state index in [0.717, 1.165) is 12.2 Å². The topological polar surface area (TPSA) is 99.1 Å². The molecule has 6 heteroatoms. The van der Waals surface area contributed by atoms with E-state index < -0.39 is 18.4 Å². The Kier molecular flexibility index (Phi) is 2.87. The number of halogens is 1. The monoisotopic (exact) mass is 202 g/mol. The third-order valence-corrected chi connectivity index (χ3v) is 2.01. The molecule has 1 rings (SSSR count). The zero-order valence-corrected chi connectivity index (χ0v) is 7.26. The van der Waals surface area contributed by atoms with Crippen LogP contribution in [-0.4, -0.2) is 39.6 Å². The molecule has 5 nitrogen and oxygen atoms in total. The Labute approximate surface area is 79.6 Å². The standard InChI is InChI=1S/C8H11FN2O3/c9-6-3-5(7(10)11-14)1-2-8(6,13)4-12/h1-3,6,12-14H,4H2,(H2,10,11). The summed E-state index contributed by atoms with van der Waals surface area (Å²) in [5.74, 6) is -0.246. The second kappa shape index (κ2) is 3.77. The summed E-state index contributed by atoms with van der Waals surface area (Å²) in [4.78, 5) is 0. The summed E-state index contributed by atoms with van der Waals surface area (Å²) in [6.07, 6.45) is 1.55. The van der Waals surface area contributed by atoms with Gasteiger partial charge in [-0.15, -0.1) is 0 Å². The molecule has 0 spiro atoms. The van der Waals surface area contributed by atoms with Crippen LogP contribution in [0.4, 0.5) is 4.39 Å². The predicted molar refractivity (Wildman–Crippen MR) is 47.6 cm³/mol. The molecule has 0 aliphatic heterocycles. The van der Waals surface area contributed by atoms with Crippen LogP contribution in [0, 0.1) is 0 Å². The first kappa shape index (κ1) is 10.7. The Morgan fingerprint density at radius 2 is 2.36 bits per heavy atom. The van der Waals surface area contributed by atoms with Crippen molar-refractivity contribution >= 4 is 5.84 Å². The molecule has 2 unspecified atom stereocenters. The fraction of sp³-hybridized carbons (Fsp3) is 0.375. The molecular weight excluding hydrogens is 191 g/mol. The quantitative estimate of drug-likeness (QED) is 0.206. The van der Waals surface area contributed by atoms with Gasteiger partial charge in [-0.05, 0) is 12.2 Å². The summed E-state index contributed by atoms with van der Waals surface area (Å²) >= 11 is 0. The lowest BCUT2D eigenvalue weighted by atomic mass is 9.91. The molecule has 1 aliphatic carbocycles. The van der Waals surface area contributed by atoms with E-state index in [1.165, 1.54) is 6.08 Å². The summed E-state index contributed by atoms with van der Waals surface area (Å²) < 4.78 is 13.2. The van der Waals surface area contributed by atoms with Gasteiger partial charge in [0.05, 0.1) is 6.61 Å². The van der Waals surface area contributed by atoms with Crippen molar-refractivity contribution in [3.8, 4) is 0 Å². The number of hydrogen-bond acceptors (Lipinski definition) is 4. The SMILES string of the molecule is NC(=NO)C1=CC(F)C(O)(CO)C=C1. The van der Waals surface area contributed by atoms with Gasteiger partial charge in [0, 0.05) is 5.57 Å². The summed E-state index contributed by atoms with van der Waals surface area (Å²) in [5, 5.41) is 29.1. The van der Waals surface area contributed by atoms with Crippen LogP contribution in [0.25, 0.3) is 0 Å². The highest BCUT2D eigenvalue weighted by atomic mass is 19.1. The van der Waals surface area contributed by atoms with E-state index in [9.17, 15) is 9.50 Å². The van der Waals surface area contributed by atoms with Gasteiger partial charge in [0.2, 0.25) is 0 Å². The number of amidine groups is 1. The van der Waals surface area contributed by atoms with Gasteiger partial charge in [0.1, 0.15) is 5.60 Å². The van der Waals surface area contributed by atoms with E-state index in [-0.39, 0.29) is 11.4 Å². The number of aliphatic hydroxyl groups is 2. The van der Waals surface area contributed by atoms with Crippen LogP contribution >= 0.6 is 0 Å². The molecule has 78 valence electrons. The number of hydrogen-bond donors (Lipinski definition) is 4. The van der Waals surface area contributed by atoms with Crippen molar-refractivity contribution in [1.29, 1.82) is 0 Å². The second-order valence-electron chi connectivity index (χ2n) is 2.99. The van der Waals surface area contributed by atoms with Gasteiger partial charge in [-0.1, -0.05) is 11.2 Å².